The predicted octanol–water partition coefficient (Wildman–Crippen LogP) is 0.496. The molecular formula is C12H26N2O3. The molecule has 0 amide bonds. The molecular weight excluding hydrogens is 220 g/mol. The zero-order chi connectivity index (χ0) is 13.1. The van der Waals surface area contributed by atoms with Gasteiger partial charge in [0.2, 0.25) is 0 Å². The number of hydrogen-bond donors (Lipinski definition) is 1. The van der Waals surface area contributed by atoms with Gasteiger partial charge in [-0.25, -0.2) is 0 Å². The highest BCUT2D eigenvalue weighted by atomic mass is 16.5. The van der Waals surface area contributed by atoms with Gasteiger partial charge in [0.25, 0.3) is 0 Å². The monoisotopic (exact) mass is 246 g/mol. The normalized spacial score (nSPS) is 12.8. The molecule has 17 heavy (non-hydrogen) atoms. The maximum atomic E-state index is 11.4. The predicted molar refractivity (Wildman–Crippen MR) is 68.1 cm³/mol. The van der Waals surface area contributed by atoms with Crippen LogP contribution in [0.15, 0.2) is 0 Å². The molecule has 0 saturated heterocycles. The van der Waals surface area contributed by atoms with Gasteiger partial charge in [-0.1, -0.05) is 6.92 Å². The number of rotatable bonds is 10. The first-order valence-electron chi connectivity index (χ1n) is 6.24. The van der Waals surface area contributed by atoms with Gasteiger partial charge in [-0.3, -0.25) is 4.79 Å². The Morgan fingerprint density at radius 1 is 1.35 bits per heavy atom. The van der Waals surface area contributed by atoms with Crippen LogP contribution in [0.2, 0.25) is 0 Å². The van der Waals surface area contributed by atoms with Crippen LogP contribution in [0.5, 0.6) is 0 Å². The number of methoxy groups -OCH3 is 1. The number of ether oxygens (including phenoxy) is 2. The molecule has 0 heterocycles. The Morgan fingerprint density at radius 3 is 2.53 bits per heavy atom. The first-order valence-corrected chi connectivity index (χ1v) is 6.24. The highest BCUT2D eigenvalue weighted by molar-refractivity contribution is 5.75. The number of carbonyl (C=O) groups is 1. The van der Waals surface area contributed by atoms with Crippen LogP contribution in [0.1, 0.15) is 20.3 Å². The molecule has 1 N–H and O–H groups in total. The summed E-state index contributed by atoms with van der Waals surface area (Å²) in [5.41, 5.74) is 0. The van der Waals surface area contributed by atoms with Crippen molar-refractivity contribution in [2.24, 2.45) is 0 Å². The van der Waals surface area contributed by atoms with Gasteiger partial charge >= 0.3 is 5.97 Å². The van der Waals surface area contributed by atoms with Crippen LogP contribution in [0, 0.1) is 0 Å². The maximum absolute atomic E-state index is 11.4. The van der Waals surface area contributed by atoms with Gasteiger partial charge in [-0.05, 0) is 26.9 Å². The average molecular weight is 246 g/mol. The van der Waals surface area contributed by atoms with Crippen molar-refractivity contribution in [1.29, 1.82) is 0 Å². The third-order valence-electron chi connectivity index (χ3n) is 2.77. The smallest absolute Gasteiger partial charge is 0.322 e. The Morgan fingerprint density at radius 2 is 2.06 bits per heavy atom. The summed E-state index contributed by atoms with van der Waals surface area (Å²) < 4.78 is 10.0. The van der Waals surface area contributed by atoms with Gasteiger partial charge in [-0.15, -0.1) is 0 Å². The van der Waals surface area contributed by atoms with Gasteiger partial charge in [0.05, 0.1) is 13.7 Å². The van der Waals surface area contributed by atoms with Gasteiger partial charge < -0.3 is 19.7 Å². The van der Waals surface area contributed by atoms with Crippen LogP contribution in [-0.4, -0.2) is 63.9 Å². The van der Waals surface area contributed by atoms with Crippen molar-refractivity contribution >= 4 is 5.97 Å². The topological polar surface area (TPSA) is 50.8 Å². The fourth-order valence-corrected chi connectivity index (χ4v) is 1.60. The highest BCUT2D eigenvalue weighted by Gasteiger charge is 2.17. The second kappa shape index (κ2) is 10.5. The lowest BCUT2D eigenvalue weighted by atomic mass is 10.2. The van der Waals surface area contributed by atoms with Gasteiger partial charge in [0, 0.05) is 19.7 Å². The molecule has 0 bridgehead atoms. The standard InChI is InChI=1S/C12H26N2O3/c1-5-14(9-10-17-6-2)8-7-11(13-3)12(15)16-4/h11,13H,5-10H2,1-4H3. The molecule has 102 valence electrons. The summed E-state index contributed by atoms with van der Waals surface area (Å²) in [7, 11) is 3.19. The zero-order valence-corrected chi connectivity index (χ0v) is 11.5. The molecule has 0 rings (SSSR count). The third-order valence-corrected chi connectivity index (χ3v) is 2.77. The van der Waals surface area contributed by atoms with E-state index in [1.807, 2.05) is 6.92 Å². The number of carbonyl (C=O) groups excluding carboxylic acids is 1. The minimum Gasteiger partial charge on any atom is -0.468 e. The van der Waals surface area contributed by atoms with Gasteiger partial charge in [-0.2, -0.15) is 0 Å². The molecule has 0 spiro atoms. The van der Waals surface area contributed by atoms with Crippen molar-refractivity contribution in [2.75, 3.05) is 47.0 Å². The van der Waals surface area contributed by atoms with Crippen molar-refractivity contribution in [3.05, 3.63) is 0 Å². The van der Waals surface area contributed by atoms with E-state index in [0.29, 0.717) is 0 Å². The third kappa shape index (κ3) is 7.31. The summed E-state index contributed by atoms with van der Waals surface area (Å²) in [6.07, 6.45) is 0.753. The first-order chi connectivity index (χ1) is 8.19. The minimum atomic E-state index is -0.221. The number of nitrogens with one attached hydrogen (secondary N) is 1. The van der Waals surface area contributed by atoms with E-state index in [1.165, 1.54) is 7.11 Å². The summed E-state index contributed by atoms with van der Waals surface area (Å²) in [5.74, 6) is -0.201. The zero-order valence-electron chi connectivity index (χ0n) is 11.5. The molecule has 5 heteroatoms. The Hall–Kier alpha value is -0.650. The Bertz CT molecular complexity index is 200. The second-order valence-electron chi connectivity index (χ2n) is 3.78. The lowest BCUT2D eigenvalue weighted by Crippen LogP contribution is -2.39. The number of hydrogen-bond acceptors (Lipinski definition) is 5. The second-order valence-corrected chi connectivity index (χ2v) is 3.78. The number of likely N-dealkylation sites (N-methyl/N-ethyl adjacent to an activating group) is 2. The highest BCUT2D eigenvalue weighted by Crippen LogP contribution is 1.98. The average Bonchev–Trinajstić information content (AvgIpc) is 2.36. The van der Waals surface area contributed by atoms with E-state index in [2.05, 4.69) is 17.1 Å². The van der Waals surface area contributed by atoms with Crippen molar-refractivity contribution in [2.45, 2.75) is 26.3 Å². The van der Waals surface area contributed by atoms with E-state index in [-0.39, 0.29) is 12.0 Å². The van der Waals surface area contributed by atoms with Crippen LogP contribution < -0.4 is 5.32 Å². The quantitative estimate of drug-likeness (QED) is 0.449. The molecule has 0 aromatic carbocycles. The van der Waals surface area contributed by atoms with Crippen LogP contribution in [0.25, 0.3) is 0 Å². The molecule has 1 atom stereocenters. The fraction of sp³-hybridized carbons (Fsp3) is 0.917. The van der Waals surface area contributed by atoms with E-state index in [9.17, 15) is 4.79 Å². The molecule has 0 aromatic rings. The Labute approximate surface area is 104 Å². The van der Waals surface area contributed by atoms with Crippen LogP contribution in [0.4, 0.5) is 0 Å². The van der Waals surface area contributed by atoms with E-state index in [4.69, 9.17) is 9.47 Å². The van der Waals surface area contributed by atoms with Crippen LogP contribution in [-0.2, 0) is 14.3 Å². The Balaban J connectivity index is 3.89. The van der Waals surface area contributed by atoms with Crippen molar-refractivity contribution < 1.29 is 14.3 Å². The molecule has 0 aliphatic carbocycles. The lowest BCUT2D eigenvalue weighted by Gasteiger charge is -2.22. The molecule has 0 aliphatic heterocycles. The van der Waals surface area contributed by atoms with Gasteiger partial charge in [0.15, 0.2) is 0 Å². The maximum Gasteiger partial charge on any atom is 0.322 e. The SMILES string of the molecule is CCOCCN(CC)CCC(NC)C(=O)OC. The summed E-state index contributed by atoms with van der Waals surface area (Å²) >= 11 is 0. The van der Waals surface area contributed by atoms with E-state index >= 15 is 0 Å². The molecule has 1 unspecified atom stereocenters. The molecule has 0 fully saturated rings. The largest absolute Gasteiger partial charge is 0.468 e. The summed E-state index contributed by atoms with van der Waals surface area (Å²) in [4.78, 5) is 13.6. The van der Waals surface area contributed by atoms with E-state index in [1.54, 1.807) is 7.05 Å². The fourth-order valence-electron chi connectivity index (χ4n) is 1.60. The van der Waals surface area contributed by atoms with Crippen LogP contribution in [0.3, 0.4) is 0 Å². The van der Waals surface area contributed by atoms with Crippen molar-refractivity contribution in [1.82, 2.24) is 10.2 Å². The number of nitrogens with zero attached hydrogens (tertiary/aromatic N) is 1. The van der Waals surface area contributed by atoms with Crippen LogP contribution >= 0.6 is 0 Å². The van der Waals surface area contributed by atoms with Crippen molar-refractivity contribution in [3.8, 4) is 0 Å². The molecule has 0 radical (unpaired) electrons. The number of esters is 1. The van der Waals surface area contributed by atoms with E-state index < -0.39 is 0 Å². The lowest BCUT2D eigenvalue weighted by molar-refractivity contribution is -0.143. The van der Waals surface area contributed by atoms with Gasteiger partial charge in [0.1, 0.15) is 6.04 Å². The molecule has 0 aliphatic rings. The Kier molecular flexibility index (Phi) is 10.1. The summed E-state index contributed by atoms with van der Waals surface area (Å²) in [6, 6.07) is -0.221. The first kappa shape index (κ1) is 16.4. The molecule has 5 nitrogen and oxygen atoms in total. The summed E-state index contributed by atoms with van der Waals surface area (Å²) in [5, 5.41) is 2.97. The molecule has 0 aromatic heterocycles. The van der Waals surface area contributed by atoms with E-state index in [0.717, 1.165) is 39.3 Å². The molecule has 0 saturated carbocycles. The minimum absolute atomic E-state index is 0.201. The van der Waals surface area contributed by atoms with Crippen molar-refractivity contribution in [3.63, 3.8) is 0 Å². The summed E-state index contributed by atoms with van der Waals surface area (Å²) in [6.45, 7) is 8.32.